The van der Waals surface area contributed by atoms with E-state index < -0.39 is 5.60 Å². The highest BCUT2D eigenvalue weighted by Gasteiger charge is 2.34. The van der Waals surface area contributed by atoms with E-state index in [1.54, 1.807) is 7.11 Å². The van der Waals surface area contributed by atoms with Crippen LogP contribution in [0.25, 0.3) is 10.8 Å². The number of hydrogen-bond donors (Lipinski definition) is 1. The third kappa shape index (κ3) is 4.55. The summed E-state index contributed by atoms with van der Waals surface area (Å²) in [6, 6.07) is 11.8. The first-order chi connectivity index (χ1) is 12.3. The van der Waals surface area contributed by atoms with Crippen LogP contribution in [0.1, 0.15) is 47.5 Å². The first-order valence-electron chi connectivity index (χ1n) is 9.35. The van der Waals surface area contributed by atoms with Crippen LogP contribution >= 0.6 is 0 Å². The van der Waals surface area contributed by atoms with Crippen LogP contribution in [0.4, 0.5) is 5.69 Å². The fourth-order valence-corrected chi connectivity index (χ4v) is 3.09. The number of carbonyl (C=O) groups is 1. The van der Waals surface area contributed by atoms with Crippen LogP contribution in [0, 0.1) is 5.92 Å². The molecule has 0 heterocycles. The lowest BCUT2D eigenvalue weighted by atomic mass is 9.93. The molecule has 0 aromatic heterocycles. The first kappa shape index (κ1) is 20.2. The molecule has 1 amide bonds. The van der Waals surface area contributed by atoms with Gasteiger partial charge in [0.1, 0.15) is 11.4 Å². The SMILES string of the molecule is CC[C@H](C)Oc1ccc(NC(=O)[C@@](C)(CC(C)C)OC)c2ccccc12. The number of rotatable bonds is 8. The number of fused-ring (bicyclic) bond motifs is 1. The molecule has 0 bridgehead atoms. The second kappa shape index (κ2) is 8.54. The van der Waals surface area contributed by atoms with Crippen molar-refractivity contribution in [2.24, 2.45) is 5.92 Å². The van der Waals surface area contributed by atoms with Gasteiger partial charge in [-0.1, -0.05) is 45.0 Å². The molecule has 0 unspecified atom stereocenters. The standard InChI is InChI=1S/C22H31NO3/c1-7-16(4)26-20-13-12-19(17-10-8-9-11-18(17)20)23-21(24)22(5,25-6)14-15(2)3/h8-13,15-16H,7,14H2,1-6H3,(H,23,24)/t16-,22+/m0/s1. The number of ether oxygens (including phenoxy) is 2. The van der Waals surface area contributed by atoms with Gasteiger partial charge in [0.2, 0.25) is 0 Å². The van der Waals surface area contributed by atoms with E-state index in [0.717, 1.165) is 28.6 Å². The highest BCUT2D eigenvalue weighted by Crippen LogP contribution is 2.33. The molecule has 2 aromatic carbocycles. The number of anilines is 1. The van der Waals surface area contributed by atoms with Crippen LogP contribution in [0.15, 0.2) is 36.4 Å². The average Bonchev–Trinajstić information content (AvgIpc) is 2.62. The first-order valence-corrected chi connectivity index (χ1v) is 9.35. The van der Waals surface area contributed by atoms with Crippen molar-refractivity contribution in [1.29, 1.82) is 0 Å². The lowest BCUT2D eigenvalue weighted by Gasteiger charge is -2.29. The van der Waals surface area contributed by atoms with Gasteiger partial charge in [0.05, 0.1) is 6.10 Å². The third-order valence-corrected chi connectivity index (χ3v) is 4.76. The molecule has 26 heavy (non-hydrogen) atoms. The molecular weight excluding hydrogens is 326 g/mol. The van der Waals surface area contributed by atoms with E-state index in [1.807, 2.05) is 43.3 Å². The zero-order valence-electron chi connectivity index (χ0n) is 16.8. The molecule has 2 rings (SSSR count). The van der Waals surface area contributed by atoms with Crippen molar-refractivity contribution in [2.75, 3.05) is 12.4 Å². The molecule has 0 saturated carbocycles. The van der Waals surface area contributed by atoms with Gasteiger partial charge in [-0.05, 0) is 44.7 Å². The molecular formula is C22H31NO3. The summed E-state index contributed by atoms with van der Waals surface area (Å²) in [5.74, 6) is 1.06. The molecule has 0 aliphatic heterocycles. The topological polar surface area (TPSA) is 47.6 Å². The Labute approximate surface area is 156 Å². The number of hydrogen-bond acceptors (Lipinski definition) is 3. The molecule has 4 nitrogen and oxygen atoms in total. The number of nitrogens with one attached hydrogen (secondary N) is 1. The Morgan fingerprint density at radius 3 is 2.35 bits per heavy atom. The van der Waals surface area contributed by atoms with Gasteiger partial charge in [-0.15, -0.1) is 0 Å². The number of methoxy groups -OCH3 is 1. The van der Waals surface area contributed by atoms with Gasteiger partial charge in [-0.25, -0.2) is 0 Å². The van der Waals surface area contributed by atoms with Crippen molar-refractivity contribution in [1.82, 2.24) is 0 Å². The van der Waals surface area contributed by atoms with Gasteiger partial charge in [0, 0.05) is 23.6 Å². The van der Waals surface area contributed by atoms with Crippen LogP contribution in [-0.2, 0) is 9.53 Å². The van der Waals surface area contributed by atoms with Gasteiger partial charge in [-0.2, -0.15) is 0 Å². The molecule has 142 valence electrons. The van der Waals surface area contributed by atoms with Crippen molar-refractivity contribution < 1.29 is 14.3 Å². The Kier molecular flexibility index (Phi) is 6.65. The van der Waals surface area contributed by atoms with E-state index in [1.165, 1.54) is 0 Å². The number of carbonyl (C=O) groups excluding carboxylic acids is 1. The maximum atomic E-state index is 12.9. The monoisotopic (exact) mass is 357 g/mol. The highest BCUT2D eigenvalue weighted by atomic mass is 16.5. The van der Waals surface area contributed by atoms with Gasteiger partial charge >= 0.3 is 0 Å². The smallest absolute Gasteiger partial charge is 0.256 e. The molecule has 4 heteroatoms. The minimum atomic E-state index is -0.860. The Morgan fingerprint density at radius 1 is 1.12 bits per heavy atom. The minimum Gasteiger partial charge on any atom is -0.490 e. The Hall–Kier alpha value is -2.07. The normalized spacial score (nSPS) is 14.9. The van der Waals surface area contributed by atoms with Gasteiger partial charge in [-0.3, -0.25) is 4.79 Å². The number of benzene rings is 2. The Morgan fingerprint density at radius 2 is 1.77 bits per heavy atom. The largest absolute Gasteiger partial charge is 0.490 e. The molecule has 0 saturated heterocycles. The van der Waals surface area contributed by atoms with Gasteiger partial charge in [0.15, 0.2) is 0 Å². The Balaban J connectivity index is 2.36. The van der Waals surface area contributed by atoms with Crippen molar-refractivity contribution in [3.8, 4) is 5.75 Å². The molecule has 0 spiro atoms. The summed E-state index contributed by atoms with van der Waals surface area (Å²) in [4.78, 5) is 12.9. The summed E-state index contributed by atoms with van der Waals surface area (Å²) in [6.07, 6.45) is 1.73. The second-order valence-electron chi connectivity index (χ2n) is 7.48. The third-order valence-electron chi connectivity index (χ3n) is 4.76. The van der Waals surface area contributed by atoms with E-state index in [9.17, 15) is 4.79 Å². The lowest BCUT2D eigenvalue weighted by Crippen LogP contribution is -2.43. The fourth-order valence-electron chi connectivity index (χ4n) is 3.09. The van der Waals surface area contributed by atoms with Crippen molar-refractivity contribution in [3.05, 3.63) is 36.4 Å². The summed E-state index contributed by atoms with van der Waals surface area (Å²) >= 11 is 0. The predicted molar refractivity (Wildman–Crippen MR) is 108 cm³/mol. The van der Waals surface area contributed by atoms with E-state index in [0.29, 0.717) is 12.3 Å². The molecule has 1 N–H and O–H groups in total. The van der Waals surface area contributed by atoms with Gasteiger partial charge in [0.25, 0.3) is 5.91 Å². The maximum absolute atomic E-state index is 12.9. The van der Waals surface area contributed by atoms with Crippen LogP contribution in [0.3, 0.4) is 0 Å². The van der Waals surface area contributed by atoms with E-state index >= 15 is 0 Å². The van der Waals surface area contributed by atoms with Crippen molar-refractivity contribution in [2.45, 2.75) is 59.2 Å². The molecule has 2 aromatic rings. The zero-order valence-corrected chi connectivity index (χ0v) is 16.8. The summed E-state index contributed by atoms with van der Waals surface area (Å²) in [7, 11) is 1.59. The van der Waals surface area contributed by atoms with E-state index in [-0.39, 0.29) is 12.0 Å². The molecule has 0 fully saturated rings. The summed E-state index contributed by atoms with van der Waals surface area (Å²) in [5, 5.41) is 5.01. The van der Waals surface area contributed by atoms with Crippen LogP contribution < -0.4 is 10.1 Å². The fraction of sp³-hybridized carbons (Fsp3) is 0.500. The van der Waals surface area contributed by atoms with Crippen LogP contribution in [0.5, 0.6) is 5.75 Å². The van der Waals surface area contributed by atoms with Gasteiger partial charge < -0.3 is 14.8 Å². The predicted octanol–water partition coefficient (Wildman–Crippen LogP) is 5.41. The molecule has 0 aliphatic rings. The molecule has 0 aliphatic carbocycles. The van der Waals surface area contributed by atoms with Crippen LogP contribution in [0.2, 0.25) is 0 Å². The van der Waals surface area contributed by atoms with Crippen molar-refractivity contribution >= 4 is 22.4 Å². The highest BCUT2D eigenvalue weighted by molar-refractivity contribution is 6.06. The quantitative estimate of drug-likeness (QED) is 0.687. The van der Waals surface area contributed by atoms with E-state index in [4.69, 9.17) is 9.47 Å². The summed E-state index contributed by atoms with van der Waals surface area (Å²) in [5.41, 5.74) is -0.0876. The molecule has 2 atom stereocenters. The number of amides is 1. The zero-order chi connectivity index (χ0) is 19.3. The van der Waals surface area contributed by atoms with Crippen molar-refractivity contribution in [3.63, 3.8) is 0 Å². The summed E-state index contributed by atoms with van der Waals surface area (Å²) in [6.45, 7) is 10.2. The molecule has 0 radical (unpaired) electrons. The average molecular weight is 357 g/mol. The maximum Gasteiger partial charge on any atom is 0.256 e. The summed E-state index contributed by atoms with van der Waals surface area (Å²) < 4.78 is 11.6. The lowest BCUT2D eigenvalue weighted by molar-refractivity contribution is -0.137. The second-order valence-corrected chi connectivity index (χ2v) is 7.48. The van der Waals surface area contributed by atoms with E-state index in [2.05, 4.69) is 33.0 Å². The minimum absolute atomic E-state index is 0.130. The van der Waals surface area contributed by atoms with Crippen LogP contribution in [-0.4, -0.2) is 24.7 Å². The Bertz CT molecular complexity index is 756.